The fourth-order valence-electron chi connectivity index (χ4n) is 3.08. The van der Waals surface area contributed by atoms with Crippen LogP contribution in [0.1, 0.15) is 12.8 Å². The van der Waals surface area contributed by atoms with Gasteiger partial charge in [-0.2, -0.15) is 0 Å². The standard InChI is InChI=1S/C17H25N3O3/c1-19(2)15-5-3-14(4-6-15)18-16(21)13-20-9-7-17(8-10-20)22-11-12-23-17/h3-6H,7-13H2,1-2H3,(H,18,21). The van der Waals surface area contributed by atoms with Crippen molar-refractivity contribution in [3.8, 4) is 0 Å². The van der Waals surface area contributed by atoms with Crippen molar-refractivity contribution >= 4 is 17.3 Å². The van der Waals surface area contributed by atoms with Gasteiger partial charge in [0.25, 0.3) is 0 Å². The first-order valence-electron chi connectivity index (χ1n) is 8.14. The Morgan fingerprint density at radius 1 is 1.17 bits per heavy atom. The first kappa shape index (κ1) is 16.2. The predicted molar refractivity (Wildman–Crippen MR) is 89.7 cm³/mol. The predicted octanol–water partition coefficient (Wildman–Crippen LogP) is 1.53. The number of benzene rings is 1. The van der Waals surface area contributed by atoms with Gasteiger partial charge in [-0.15, -0.1) is 0 Å². The third-order valence-corrected chi connectivity index (χ3v) is 4.47. The number of carbonyl (C=O) groups excluding carboxylic acids is 1. The van der Waals surface area contributed by atoms with E-state index in [0.717, 1.165) is 37.3 Å². The number of rotatable bonds is 4. The van der Waals surface area contributed by atoms with Gasteiger partial charge < -0.3 is 19.7 Å². The molecule has 6 heteroatoms. The second kappa shape index (κ2) is 6.86. The third-order valence-electron chi connectivity index (χ3n) is 4.47. The van der Waals surface area contributed by atoms with Gasteiger partial charge >= 0.3 is 0 Å². The maximum atomic E-state index is 12.2. The van der Waals surface area contributed by atoms with Crippen LogP contribution in [0, 0.1) is 0 Å². The highest BCUT2D eigenvalue weighted by atomic mass is 16.7. The molecule has 2 aliphatic heterocycles. The molecule has 6 nitrogen and oxygen atoms in total. The number of likely N-dealkylation sites (tertiary alicyclic amines) is 1. The molecule has 0 aromatic heterocycles. The van der Waals surface area contributed by atoms with Crippen LogP contribution < -0.4 is 10.2 Å². The summed E-state index contributed by atoms with van der Waals surface area (Å²) in [6, 6.07) is 7.85. The van der Waals surface area contributed by atoms with Crippen molar-refractivity contribution in [1.29, 1.82) is 0 Å². The molecule has 1 spiro atoms. The summed E-state index contributed by atoms with van der Waals surface area (Å²) in [6.07, 6.45) is 1.66. The zero-order valence-electron chi connectivity index (χ0n) is 13.9. The third kappa shape index (κ3) is 4.02. The topological polar surface area (TPSA) is 54.0 Å². The molecule has 2 aliphatic rings. The highest BCUT2D eigenvalue weighted by molar-refractivity contribution is 5.92. The molecule has 126 valence electrons. The molecule has 2 saturated heterocycles. The molecule has 2 fully saturated rings. The van der Waals surface area contributed by atoms with Crippen molar-refractivity contribution in [3.63, 3.8) is 0 Å². The van der Waals surface area contributed by atoms with E-state index in [4.69, 9.17) is 9.47 Å². The number of nitrogens with one attached hydrogen (secondary N) is 1. The Labute approximate surface area is 137 Å². The van der Waals surface area contributed by atoms with Crippen LogP contribution >= 0.6 is 0 Å². The Hall–Kier alpha value is -1.63. The lowest BCUT2D eigenvalue weighted by Crippen LogP contribution is -2.47. The quantitative estimate of drug-likeness (QED) is 0.912. The van der Waals surface area contributed by atoms with Crippen molar-refractivity contribution in [2.45, 2.75) is 18.6 Å². The molecule has 0 radical (unpaired) electrons. The fraction of sp³-hybridized carbons (Fsp3) is 0.588. The zero-order chi connectivity index (χ0) is 16.3. The number of hydrogen-bond donors (Lipinski definition) is 1. The highest BCUT2D eigenvalue weighted by Gasteiger charge is 2.39. The number of carbonyl (C=O) groups is 1. The van der Waals surface area contributed by atoms with Gasteiger partial charge in [0.15, 0.2) is 5.79 Å². The van der Waals surface area contributed by atoms with Crippen LogP contribution in [-0.4, -0.2) is 63.5 Å². The molecule has 1 amide bonds. The summed E-state index contributed by atoms with van der Waals surface area (Å²) in [5, 5.41) is 2.95. The Kier molecular flexibility index (Phi) is 4.84. The van der Waals surface area contributed by atoms with E-state index in [1.54, 1.807) is 0 Å². The van der Waals surface area contributed by atoms with Gasteiger partial charge in [-0.25, -0.2) is 0 Å². The molecule has 1 N–H and O–H groups in total. The first-order valence-corrected chi connectivity index (χ1v) is 8.14. The highest BCUT2D eigenvalue weighted by Crippen LogP contribution is 2.31. The van der Waals surface area contributed by atoms with E-state index in [1.165, 1.54) is 0 Å². The Morgan fingerprint density at radius 2 is 1.78 bits per heavy atom. The molecule has 0 atom stereocenters. The Bertz CT molecular complexity index is 529. The van der Waals surface area contributed by atoms with Gasteiger partial charge in [0.05, 0.1) is 19.8 Å². The van der Waals surface area contributed by atoms with Crippen molar-refractivity contribution in [1.82, 2.24) is 4.90 Å². The fourth-order valence-corrected chi connectivity index (χ4v) is 3.08. The van der Waals surface area contributed by atoms with Crippen LogP contribution in [-0.2, 0) is 14.3 Å². The van der Waals surface area contributed by atoms with E-state index in [9.17, 15) is 4.79 Å². The number of ether oxygens (including phenoxy) is 2. The van der Waals surface area contributed by atoms with E-state index in [-0.39, 0.29) is 11.7 Å². The van der Waals surface area contributed by atoms with Crippen LogP contribution in [0.4, 0.5) is 11.4 Å². The molecule has 0 bridgehead atoms. The van der Waals surface area contributed by atoms with Crippen LogP contribution in [0.25, 0.3) is 0 Å². The minimum Gasteiger partial charge on any atom is -0.378 e. The molecular weight excluding hydrogens is 294 g/mol. The van der Waals surface area contributed by atoms with Gasteiger partial charge in [0.2, 0.25) is 5.91 Å². The summed E-state index contributed by atoms with van der Waals surface area (Å²) >= 11 is 0. The first-order chi connectivity index (χ1) is 11.1. The molecule has 0 unspecified atom stereocenters. The second-order valence-electron chi connectivity index (χ2n) is 6.37. The van der Waals surface area contributed by atoms with Crippen molar-refractivity contribution in [2.24, 2.45) is 0 Å². The number of amides is 1. The SMILES string of the molecule is CN(C)c1ccc(NC(=O)CN2CCC3(CC2)OCCO3)cc1. The number of anilines is 2. The lowest BCUT2D eigenvalue weighted by molar-refractivity contribution is -0.185. The monoisotopic (exact) mass is 319 g/mol. The maximum Gasteiger partial charge on any atom is 0.238 e. The zero-order valence-corrected chi connectivity index (χ0v) is 13.9. The summed E-state index contributed by atoms with van der Waals surface area (Å²) in [5.74, 6) is -0.360. The van der Waals surface area contributed by atoms with Crippen LogP contribution in [0.15, 0.2) is 24.3 Å². The van der Waals surface area contributed by atoms with Gasteiger partial charge in [-0.05, 0) is 24.3 Å². The molecular formula is C17H25N3O3. The number of piperidine rings is 1. The van der Waals surface area contributed by atoms with E-state index >= 15 is 0 Å². The lowest BCUT2D eigenvalue weighted by atomic mass is 10.0. The number of hydrogen-bond acceptors (Lipinski definition) is 5. The van der Waals surface area contributed by atoms with Crippen LogP contribution in [0.5, 0.6) is 0 Å². The van der Waals surface area contributed by atoms with Crippen LogP contribution in [0.3, 0.4) is 0 Å². The lowest BCUT2D eigenvalue weighted by Gasteiger charge is -2.37. The number of nitrogens with zero attached hydrogens (tertiary/aromatic N) is 2. The summed E-state index contributed by atoms with van der Waals surface area (Å²) in [6.45, 7) is 3.43. The minimum absolute atomic E-state index is 0.0202. The normalized spacial score (nSPS) is 20.6. The maximum absolute atomic E-state index is 12.2. The Balaban J connectivity index is 1.46. The van der Waals surface area contributed by atoms with Gasteiger partial charge in [0.1, 0.15) is 0 Å². The summed E-state index contributed by atoms with van der Waals surface area (Å²) in [7, 11) is 3.99. The summed E-state index contributed by atoms with van der Waals surface area (Å²) < 4.78 is 11.4. The largest absolute Gasteiger partial charge is 0.378 e. The minimum atomic E-state index is -0.380. The Morgan fingerprint density at radius 3 is 2.35 bits per heavy atom. The average Bonchev–Trinajstić information content (AvgIpc) is 2.99. The molecule has 1 aromatic carbocycles. The average molecular weight is 319 g/mol. The molecule has 0 aliphatic carbocycles. The molecule has 1 aromatic rings. The molecule has 23 heavy (non-hydrogen) atoms. The van der Waals surface area contributed by atoms with Gasteiger partial charge in [-0.3, -0.25) is 9.69 Å². The van der Waals surface area contributed by atoms with Gasteiger partial charge in [-0.1, -0.05) is 0 Å². The van der Waals surface area contributed by atoms with E-state index in [0.29, 0.717) is 19.8 Å². The van der Waals surface area contributed by atoms with E-state index in [1.807, 2.05) is 43.3 Å². The molecule has 0 saturated carbocycles. The second-order valence-corrected chi connectivity index (χ2v) is 6.37. The van der Waals surface area contributed by atoms with E-state index < -0.39 is 0 Å². The van der Waals surface area contributed by atoms with Crippen molar-refractivity contribution in [2.75, 3.05) is 57.2 Å². The summed E-state index contributed by atoms with van der Waals surface area (Å²) in [4.78, 5) is 16.4. The van der Waals surface area contributed by atoms with E-state index in [2.05, 4.69) is 10.2 Å². The smallest absolute Gasteiger partial charge is 0.238 e. The molecule has 2 heterocycles. The molecule has 3 rings (SSSR count). The summed E-state index contributed by atoms with van der Waals surface area (Å²) in [5.41, 5.74) is 1.94. The van der Waals surface area contributed by atoms with Crippen LogP contribution in [0.2, 0.25) is 0 Å². The van der Waals surface area contributed by atoms with Crippen molar-refractivity contribution in [3.05, 3.63) is 24.3 Å². The van der Waals surface area contributed by atoms with Crippen molar-refractivity contribution < 1.29 is 14.3 Å². The van der Waals surface area contributed by atoms with Gasteiger partial charge in [0, 0.05) is 51.4 Å².